The van der Waals surface area contributed by atoms with E-state index in [0.717, 1.165) is 5.75 Å². The van der Waals surface area contributed by atoms with Crippen molar-refractivity contribution >= 4 is 29.4 Å². The summed E-state index contributed by atoms with van der Waals surface area (Å²) in [5.41, 5.74) is 1.78. The second-order valence-electron chi connectivity index (χ2n) is 6.35. The lowest BCUT2D eigenvalue weighted by Crippen LogP contribution is -2.38. The van der Waals surface area contributed by atoms with Gasteiger partial charge in [0.2, 0.25) is 5.91 Å². The van der Waals surface area contributed by atoms with Crippen LogP contribution in [0.1, 0.15) is 16.5 Å². The predicted molar refractivity (Wildman–Crippen MR) is 108 cm³/mol. The summed E-state index contributed by atoms with van der Waals surface area (Å²) >= 11 is 3.34. The van der Waals surface area contributed by atoms with Crippen molar-refractivity contribution in [3.8, 4) is 0 Å². The van der Waals surface area contributed by atoms with Gasteiger partial charge in [0.25, 0.3) is 0 Å². The standard InChI is InChI=1S/C20H23FN2OS2/c1-22(13-15-7-9-16(25-2)10-8-15)14-19(24)23-11-12-26-20(23)17-5-3-4-6-18(17)21/h3-10,20H,11-14H2,1-2H3/t20-/m0/s1. The van der Waals surface area contributed by atoms with Crippen LogP contribution in [0, 0.1) is 5.82 Å². The highest BCUT2D eigenvalue weighted by atomic mass is 32.2. The number of amides is 1. The molecule has 138 valence electrons. The molecule has 1 fully saturated rings. The Balaban J connectivity index is 1.62. The Morgan fingerprint density at radius 1 is 1.27 bits per heavy atom. The zero-order valence-electron chi connectivity index (χ0n) is 15.0. The van der Waals surface area contributed by atoms with E-state index in [0.29, 0.717) is 25.2 Å². The zero-order chi connectivity index (χ0) is 18.5. The summed E-state index contributed by atoms with van der Waals surface area (Å²) in [4.78, 5) is 17.8. The summed E-state index contributed by atoms with van der Waals surface area (Å²) < 4.78 is 14.1. The molecule has 0 radical (unpaired) electrons. The third-order valence-corrected chi connectivity index (χ3v) is 6.39. The van der Waals surface area contributed by atoms with Gasteiger partial charge < -0.3 is 4.90 Å². The molecule has 1 heterocycles. The monoisotopic (exact) mass is 390 g/mol. The van der Waals surface area contributed by atoms with Crippen LogP contribution >= 0.6 is 23.5 Å². The molecule has 0 spiro atoms. The average molecular weight is 391 g/mol. The van der Waals surface area contributed by atoms with Crippen LogP contribution < -0.4 is 0 Å². The first-order valence-corrected chi connectivity index (χ1v) is 10.8. The molecule has 1 aliphatic rings. The van der Waals surface area contributed by atoms with Crippen LogP contribution in [0.15, 0.2) is 53.4 Å². The molecule has 1 amide bonds. The van der Waals surface area contributed by atoms with Crippen molar-refractivity contribution in [1.29, 1.82) is 0 Å². The van der Waals surface area contributed by atoms with E-state index in [1.165, 1.54) is 16.5 Å². The van der Waals surface area contributed by atoms with Crippen molar-refractivity contribution in [1.82, 2.24) is 9.80 Å². The molecule has 3 nitrogen and oxygen atoms in total. The SMILES string of the molecule is CSc1ccc(CN(C)CC(=O)N2CCS[C@H]2c2ccccc2F)cc1. The minimum Gasteiger partial charge on any atom is -0.325 e. The molecule has 0 N–H and O–H groups in total. The summed E-state index contributed by atoms with van der Waals surface area (Å²) in [6.07, 6.45) is 2.06. The fourth-order valence-corrected chi connectivity index (χ4v) is 4.79. The van der Waals surface area contributed by atoms with Crippen molar-refractivity contribution in [3.63, 3.8) is 0 Å². The highest BCUT2D eigenvalue weighted by Crippen LogP contribution is 2.38. The lowest BCUT2D eigenvalue weighted by Gasteiger charge is -2.27. The highest BCUT2D eigenvalue weighted by Gasteiger charge is 2.32. The summed E-state index contributed by atoms with van der Waals surface area (Å²) in [5.74, 6) is 0.642. The number of likely N-dealkylation sites (N-methyl/N-ethyl adjacent to an activating group) is 1. The smallest absolute Gasteiger partial charge is 0.237 e. The van der Waals surface area contributed by atoms with Crippen LogP contribution in [0.3, 0.4) is 0 Å². The Morgan fingerprint density at radius 3 is 2.69 bits per heavy atom. The number of nitrogens with zero attached hydrogens (tertiary/aromatic N) is 2. The Labute approximate surface area is 162 Å². The lowest BCUT2D eigenvalue weighted by molar-refractivity contribution is -0.132. The summed E-state index contributed by atoms with van der Waals surface area (Å²) in [7, 11) is 1.95. The van der Waals surface area contributed by atoms with E-state index >= 15 is 0 Å². The quantitative estimate of drug-likeness (QED) is 0.688. The first kappa shape index (κ1) is 19.3. The maximum Gasteiger partial charge on any atom is 0.237 e. The fourth-order valence-electron chi connectivity index (χ4n) is 3.08. The number of halogens is 1. The molecule has 26 heavy (non-hydrogen) atoms. The van der Waals surface area contributed by atoms with E-state index < -0.39 is 0 Å². The van der Waals surface area contributed by atoms with E-state index in [1.54, 1.807) is 40.6 Å². The largest absolute Gasteiger partial charge is 0.325 e. The van der Waals surface area contributed by atoms with Crippen LogP contribution in [-0.4, -0.2) is 47.9 Å². The van der Waals surface area contributed by atoms with Gasteiger partial charge in [0, 0.05) is 29.3 Å². The number of thioether (sulfide) groups is 2. The Bertz CT molecular complexity index is 754. The van der Waals surface area contributed by atoms with Crippen molar-refractivity contribution in [2.45, 2.75) is 16.8 Å². The molecule has 0 unspecified atom stereocenters. The van der Waals surface area contributed by atoms with Crippen LogP contribution in [0.4, 0.5) is 4.39 Å². The molecule has 6 heteroatoms. The Hall–Kier alpha value is -1.50. The van der Waals surface area contributed by atoms with E-state index in [-0.39, 0.29) is 17.1 Å². The van der Waals surface area contributed by atoms with E-state index in [4.69, 9.17) is 0 Å². The van der Waals surface area contributed by atoms with Crippen molar-refractivity contribution in [2.24, 2.45) is 0 Å². The summed E-state index contributed by atoms with van der Waals surface area (Å²) in [6.45, 7) is 1.71. The molecule has 1 aliphatic heterocycles. The fraction of sp³-hybridized carbons (Fsp3) is 0.350. The third-order valence-electron chi connectivity index (χ3n) is 4.40. The average Bonchev–Trinajstić information content (AvgIpc) is 3.12. The van der Waals surface area contributed by atoms with Gasteiger partial charge in [-0.25, -0.2) is 4.39 Å². The second kappa shape index (κ2) is 8.93. The van der Waals surface area contributed by atoms with Gasteiger partial charge in [-0.2, -0.15) is 0 Å². The second-order valence-corrected chi connectivity index (χ2v) is 8.42. The molecular formula is C20H23FN2OS2. The zero-order valence-corrected chi connectivity index (χ0v) is 16.7. The minimum absolute atomic E-state index is 0.0477. The van der Waals surface area contributed by atoms with Gasteiger partial charge in [0.05, 0.1) is 6.54 Å². The van der Waals surface area contributed by atoms with E-state index in [9.17, 15) is 9.18 Å². The summed E-state index contributed by atoms with van der Waals surface area (Å²) in [5, 5.41) is -0.224. The summed E-state index contributed by atoms with van der Waals surface area (Å²) in [6, 6.07) is 15.1. The molecular weight excluding hydrogens is 367 g/mol. The highest BCUT2D eigenvalue weighted by molar-refractivity contribution is 7.99. The van der Waals surface area contributed by atoms with Gasteiger partial charge in [-0.05, 0) is 37.1 Å². The third kappa shape index (κ3) is 4.61. The van der Waals surface area contributed by atoms with Crippen LogP contribution in [-0.2, 0) is 11.3 Å². The molecule has 0 bridgehead atoms. The number of rotatable bonds is 6. The van der Waals surface area contributed by atoms with Gasteiger partial charge in [-0.3, -0.25) is 9.69 Å². The van der Waals surface area contributed by atoms with E-state index in [1.807, 2.05) is 18.0 Å². The van der Waals surface area contributed by atoms with Crippen molar-refractivity contribution in [2.75, 3.05) is 32.1 Å². The van der Waals surface area contributed by atoms with Crippen LogP contribution in [0.5, 0.6) is 0 Å². The number of carbonyl (C=O) groups excluding carboxylic acids is 1. The predicted octanol–water partition coefficient (Wildman–Crippen LogP) is 4.25. The Morgan fingerprint density at radius 2 is 2.00 bits per heavy atom. The molecule has 1 atom stereocenters. The molecule has 0 aromatic heterocycles. The molecule has 2 aromatic rings. The number of hydrogen-bond donors (Lipinski definition) is 0. The number of carbonyl (C=O) groups is 1. The molecule has 0 saturated carbocycles. The van der Waals surface area contributed by atoms with Crippen LogP contribution in [0.2, 0.25) is 0 Å². The minimum atomic E-state index is -0.244. The molecule has 1 saturated heterocycles. The van der Waals surface area contributed by atoms with Crippen molar-refractivity contribution < 1.29 is 9.18 Å². The van der Waals surface area contributed by atoms with Gasteiger partial charge in [-0.1, -0.05) is 30.3 Å². The van der Waals surface area contributed by atoms with E-state index in [2.05, 4.69) is 30.5 Å². The van der Waals surface area contributed by atoms with Gasteiger partial charge in [-0.15, -0.1) is 23.5 Å². The lowest BCUT2D eigenvalue weighted by atomic mass is 10.2. The first-order valence-electron chi connectivity index (χ1n) is 8.55. The number of hydrogen-bond acceptors (Lipinski definition) is 4. The molecule has 0 aliphatic carbocycles. The maximum atomic E-state index is 14.1. The maximum absolute atomic E-state index is 14.1. The Kier molecular flexibility index (Phi) is 6.62. The van der Waals surface area contributed by atoms with Gasteiger partial charge in [0.1, 0.15) is 11.2 Å². The van der Waals surface area contributed by atoms with Gasteiger partial charge >= 0.3 is 0 Å². The topological polar surface area (TPSA) is 23.6 Å². The molecule has 2 aromatic carbocycles. The van der Waals surface area contributed by atoms with Crippen molar-refractivity contribution in [3.05, 3.63) is 65.5 Å². The normalized spacial score (nSPS) is 17.1. The van der Waals surface area contributed by atoms with Gasteiger partial charge in [0.15, 0.2) is 0 Å². The number of benzene rings is 2. The van der Waals surface area contributed by atoms with Crippen LogP contribution in [0.25, 0.3) is 0 Å². The molecule has 3 rings (SSSR count). The first-order chi connectivity index (χ1) is 12.6.